The Balaban J connectivity index is 1.05. The van der Waals surface area contributed by atoms with Crippen LogP contribution < -0.4 is 24.4 Å². The minimum absolute atomic E-state index is 0.0136. The number of piperazine rings is 1. The molecule has 0 aromatic heterocycles. The second-order valence-corrected chi connectivity index (χ2v) is 21.6. The molecule has 5 aliphatic rings. The van der Waals surface area contributed by atoms with Crippen molar-refractivity contribution in [3.63, 3.8) is 0 Å². The fraction of sp³-hybridized carbons (Fsp3) is 0.284. The van der Waals surface area contributed by atoms with E-state index in [0.29, 0.717) is 72.2 Å². The lowest BCUT2D eigenvalue weighted by Gasteiger charge is -2.46. The summed E-state index contributed by atoms with van der Waals surface area (Å²) in [6, 6.07) is 53.0. The summed E-state index contributed by atoms with van der Waals surface area (Å²) in [6.45, 7) is 4.97. The summed E-state index contributed by atoms with van der Waals surface area (Å²) in [6.07, 6.45) is -0.915. The number of benzene rings is 7. The largest absolute Gasteiger partial charge is 0.491 e. The van der Waals surface area contributed by atoms with Crippen molar-refractivity contribution in [2.45, 2.75) is 55.7 Å². The molecular weight excluding hydrogens is 1030 g/mol. The predicted molar refractivity (Wildman–Crippen MR) is 308 cm³/mol. The molecule has 0 aliphatic carbocycles. The van der Waals surface area contributed by atoms with Crippen molar-refractivity contribution in [1.82, 2.24) is 24.9 Å². The van der Waals surface area contributed by atoms with E-state index in [0.717, 1.165) is 22.3 Å². The van der Waals surface area contributed by atoms with Gasteiger partial charge in [0.1, 0.15) is 29.9 Å². The molecule has 3 fully saturated rings. The number of nitrogens with zero attached hydrogens (tertiary/aromatic N) is 5. The van der Waals surface area contributed by atoms with Gasteiger partial charge in [-0.2, -0.15) is 0 Å². The SMILES string of the molecule is CC(NC(=O)N1C(=O)C2(c3cc(C#CCN(C)Cc4ccccc4)ccc31)C(C(=O)N1CCN(Cc3ccc4c(c3)OCO4)CC1)C1C(=O)OC(c3ccccc3)C(c3ccccc3)N1C2c1cccc(OCCO)c1)c1ccccc1. The van der Waals surface area contributed by atoms with Crippen LogP contribution in [-0.4, -0.2) is 114 Å². The standard InChI is InChI=1S/C67H64N6O9/c1-45(49-20-9-4-10-21-49)68-66(78)72-55-30-28-46(19-16-32-69(2)42-47-17-7-3-8-18-47)39-54(55)67(65(72)77)58(63(75)71-35-33-70(34-36-71)43-48-29-31-56-57(40-48)81-44-80-56)60-64(76)82-61(51-24-13-6-14-25-51)59(50-22-11-5-12-23-50)73(60)62(67)52-26-15-27-53(41-52)79-38-37-74/h3-15,17-18,20-31,39-41,45,58-62,74H,32-38,42-44H2,1-2H3,(H,68,78). The average molecular weight is 1100 g/mol. The minimum Gasteiger partial charge on any atom is -0.491 e. The van der Waals surface area contributed by atoms with Crippen LogP contribution in [0, 0.1) is 17.8 Å². The Bertz CT molecular complexity index is 3540. The molecule has 12 rings (SSSR count). The van der Waals surface area contributed by atoms with Crippen LogP contribution in [0.1, 0.15) is 75.7 Å². The number of imide groups is 1. The molecule has 15 nitrogen and oxygen atoms in total. The number of amides is 4. The Hall–Kier alpha value is -8.78. The molecule has 7 aromatic carbocycles. The summed E-state index contributed by atoms with van der Waals surface area (Å²) >= 11 is 0. The molecule has 2 N–H and O–H groups in total. The highest BCUT2D eigenvalue weighted by atomic mass is 16.7. The number of urea groups is 1. The highest BCUT2D eigenvalue weighted by molar-refractivity contribution is 6.24. The Kier molecular flexibility index (Phi) is 15.3. The van der Waals surface area contributed by atoms with E-state index < -0.39 is 65.4 Å². The molecule has 7 aromatic rings. The van der Waals surface area contributed by atoms with Crippen LogP contribution in [0.4, 0.5) is 10.5 Å². The molecule has 1 spiro atoms. The van der Waals surface area contributed by atoms with Crippen molar-refractivity contribution in [3.8, 4) is 29.1 Å². The first kappa shape index (κ1) is 53.8. The number of hydrogen-bond donors (Lipinski definition) is 2. The summed E-state index contributed by atoms with van der Waals surface area (Å²) in [5.74, 6) is 5.30. The molecule has 82 heavy (non-hydrogen) atoms. The Morgan fingerprint density at radius 1 is 0.744 bits per heavy atom. The van der Waals surface area contributed by atoms with Gasteiger partial charge in [-0.3, -0.25) is 29.1 Å². The number of esters is 1. The number of morpholine rings is 1. The zero-order chi connectivity index (χ0) is 56.3. The third kappa shape index (κ3) is 10.2. The number of carbonyl (C=O) groups is 4. The molecule has 7 unspecified atom stereocenters. The van der Waals surface area contributed by atoms with Gasteiger partial charge in [0.15, 0.2) is 11.5 Å². The van der Waals surface area contributed by atoms with Crippen LogP contribution in [0.25, 0.3) is 0 Å². The number of fused-ring (bicyclic) bond motifs is 4. The number of aliphatic hydroxyl groups excluding tert-OH is 1. The fourth-order valence-electron chi connectivity index (χ4n) is 12.8. The molecule has 5 heterocycles. The Labute approximate surface area is 477 Å². The highest BCUT2D eigenvalue weighted by Gasteiger charge is 2.76. The topological polar surface area (TPSA) is 154 Å². The van der Waals surface area contributed by atoms with Gasteiger partial charge >= 0.3 is 12.0 Å². The maximum atomic E-state index is 17.1. The molecule has 0 saturated carbocycles. The van der Waals surface area contributed by atoms with Crippen molar-refractivity contribution in [2.75, 3.05) is 64.7 Å². The van der Waals surface area contributed by atoms with Crippen molar-refractivity contribution >= 4 is 29.5 Å². The van der Waals surface area contributed by atoms with Gasteiger partial charge in [-0.25, -0.2) is 9.69 Å². The number of ether oxygens (including phenoxy) is 4. The molecule has 7 atom stereocenters. The summed E-state index contributed by atoms with van der Waals surface area (Å²) in [7, 11) is 2.00. The van der Waals surface area contributed by atoms with Gasteiger partial charge in [-0.05, 0) is 95.4 Å². The Morgan fingerprint density at radius 3 is 2.16 bits per heavy atom. The van der Waals surface area contributed by atoms with Crippen LogP contribution in [0.3, 0.4) is 0 Å². The zero-order valence-electron chi connectivity index (χ0n) is 45.8. The second kappa shape index (κ2) is 23.4. The summed E-state index contributed by atoms with van der Waals surface area (Å²) in [5.41, 5.74) is 4.22. The molecule has 416 valence electrons. The lowest BCUT2D eigenvalue weighted by atomic mass is 9.64. The van der Waals surface area contributed by atoms with Gasteiger partial charge in [0.2, 0.25) is 18.6 Å². The molecule has 3 saturated heterocycles. The van der Waals surface area contributed by atoms with E-state index >= 15 is 19.2 Å². The number of cyclic esters (lactones) is 1. The Morgan fingerprint density at radius 2 is 1.43 bits per heavy atom. The van der Waals surface area contributed by atoms with Gasteiger partial charge in [-0.1, -0.05) is 151 Å². The number of nitrogens with one attached hydrogen (secondary N) is 1. The third-order valence-corrected chi connectivity index (χ3v) is 16.5. The molecule has 4 amide bonds. The van der Waals surface area contributed by atoms with E-state index in [1.807, 2.05) is 171 Å². The van der Waals surface area contributed by atoms with Gasteiger partial charge in [0.05, 0.1) is 42.9 Å². The van der Waals surface area contributed by atoms with E-state index in [1.54, 1.807) is 23.1 Å². The maximum Gasteiger partial charge on any atom is 0.329 e. The average Bonchev–Trinajstić information content (AvgIpc) is 2.50. The van der Waals surface area contributed by atoms with Crippen LogP contribution in [-0.2, 0) is 37.6 Å². The highest BCUT2D eigenvalue weighted by Crippen LogP contribution is 2.66. The maximum absolute atomic E-state index is 17.1. The molecular formula is C67H64N6O9. The smallest absolute Gasteiger partial charge is 0.329 e. The number of aliphatic hydroxyl groups is 1. The molecule has 0 radical (unpaired) electrons. The molecule has 15 heteroatoms. The number of carbonyl (C=O) groups excluding carboxylic acids is 4. The van der Waals surface area contributed by atoms with Crippen molar-refractivity contribution in [1.29, 1.82) is 0 Å². The number of rotatable bonds is 14. The van der Waals surface area contributed by atoms with E-state index in [-0.39, 0.29) is 38.8 Å². The fourth-order valence-corrected chi connectivity index (χ4v) is 12.8. The summed E-state index contributed by atoms with van der Waals surface area (Å²) in [5, 5.41) is 13.1. The quantitative estimate of drug-likeness (QED) is 0.0791. The summed E-state index contributed by atoms with van der Waals surface area (Å²) < 4.78 is 24.2. The first-order chi connectivity index (χ1) is 40.1. The monoisotopic (exact) mass is 1100 g/mol. The van der Waals surface area contributed by atoms with Crippen molar-refractivity contribution in [2.24, 2.45) is 5.92 Å². The number of anilines is 1. The van der Waals surface area contributed by atoms with Crippen molar-refractivity contribution < 1.29 is 43.2 Å². The second-order valence-electron chi connectivity index (χ2n) is 21.6. The van der Waals surface area contributed by atoms with Crippen LogP contribution in [0.2, 0.25) is 0 Å². The minimum atomic E-state index is -2.01. The van der Waals surface area contributed by atoms with E-state index in [2.05, 4.69) is 39.1 Å². The van der Waals surface area contributed by atoms with Crippen LogP contribution in [0.15, 0.2) is 182 Å². The first-order valence-corrected chi connectivity index (χ1v) is 28.0. The van der Waals surface area contributed by atoms with Crippen LogP contribution in [0.5, 0.6) is 17.2 Å². The van der Waals surface area contributed by atoms with E-state index in [9.17, 15) is 5.11 Å². The van der Waals surface area contributed by atoms with Gasteiger partial charge in [0.25, 0.3) is 0 Å². The predicted octanol–water partition coefficient (Wildman–Crippen LogP) is 8.75. The third-order valence-electron chi connectivity index (χ3n) is 16.5. The van der Waals surface area contributed by atoms with Gasteiger partial charge < -0.3 is 34.3 Å². The van der Waals surface area contributed by atoms with Gasteiger partial charge in [-0.15, -0.1) is 0 Å². The normalized spacial score (nSPS) is 22.3. The number of hydrogen-bond acceptors (Lipinski definition) is 12. The van der Waals surface area contributed by atoms with Crippen molar-refractivity contribution in [3.05, 3.63) is 226 Å². The lowest BCUT2D eigenvalue weighted by Crippen LogP contribution is -2.59. The first-order valence-electron chi connectivity index (χ1n) is 28.0. The summed E-state index contributed by atoms with van der Waals surface area (Å²) in [4.78, 5) is 74.6. The van der Waals surface area contributed by atoms with Gasteiger partial charge in [0, 0.05) is 44.8 Å². The molecule has 0 bridgehead atoms. The molecule has 5 aliphatic heterocycles. The van der Waals surface area contributed by atoms with Crippen LogP contribution >= 0.6 is 0 Å². The zero-order valence-corrected chi connectivity index (χ0v) is 45.8. The van der Waals surface area contributed by atoms with E-state index in [4.69, 9.17) is 18.9 Å². The lowest BCUT2D eigenvalue weighted by molar-refractivity contribution is -0.179. The van der Waals surface area contributed by atoms with E-state index in [1.165, 1.54) is 4.90 Å².